The monoisotopic (exact) mass is 485 g/mol. The quantitative estimate of drug-likeness (QED) is 0.510. The smallest absolute Gasteiger partial charge is 0.257 e. The van der Waals surface area contributed by atoms with Crippen LogP contribution < -0.4 is 10.1 Å². The normalized spacial score (nSPS) is 14.5. The molecule has 0 bridgehead atoms. The number of anilines is 1. The number of carbonyl (C=O) groups is 1. The van der Waals surface area contributed by atoms with E-state index in [4.69, 9.17) is 4.74 Å². The van der Waals surface area contributed by atoms with Gasteiger partial charge in [-0.25, -0.2) is 13.4 Å². The van der Waals surface area contributed by atoms with Gasteiger partial charge in [0.1, 0.15) is 10.6 Å². The third kappa shape index (κ3) is 4.95. The molecule has 3 aromatic rings. The number of aromatic nitrogens is 1. The van der Waals surface area contributed by atoms with Gasteiger partial charge in [-0.2, -0.15) is 4.31 Å². The van der Waals surface area contributed by atoms with Crippen LogP contribution in [-0.4, -0.2) is 43.8 Å². The number of sulfonamides is 1. The van der Waals surface area contributed by atoms with Crippen molar-refractivity contribution in [2.75, 3.05) is 25.5 Å². The molecule has 174 valence electrons. The summed E-state index contributed by atoms with van der Waals surface area (Å²) in [6, 6.07) is 12.7. The highest BCUT2D eigenvalue weighted by Gasteiger charge is 2.30. The average molecular weight is 486 g/mol. The minimum atomic E-state index is -3.74. The van der Waals surface area contributed by atoms with Gasteiger partial charge in [-0.05, 0) is 42.5 Å². The summed E-state index contributed by atoms with van der Waals surface area (Å²) in [4.78, 5) is 17.4. The van der Waals surface area contributed by atoms with Crippen LogP contribution in [0.4, 0.5) is 5.13 Å². The van der Waals surface area contributed by atoms with E-state index in [0.29, 0.717) is 24.1 Å². The van der Waals surface area contributed by atoms with E-state index in [1.165, 1.54) is 40.4 Å². The summed E-state index contributed by atoms with van der Waals surface area (Å²) in [5.41, 5.74) is 3.23. The van der Waals surface area contributed by atoms with Gasteiger partial charge < -0.3 is 4.74 Å². The van der Waals surface area contributed by atoms with E-state index in [0.717, 1.165) is 24.1 Å². The second kappa shape index (κ2) is 9.62. The number of ether oxygens (including phenoxy) is 1. The Hall–Kier alpha value is -2.75. The lowest BCUT2D eigenvalue weighted by Crippen LogP contribution is -2.28. The largest absolute Gasteiger partial charge is 0.495 e. The van der Waals surface area contributed by atoms with E-state index in [9.17, 15) is 13.2 Å². The van der Waals surface area contributed by atoms with E-state index in [-0.39, 0.29) is 16.2 Å². The maximum absolute atomic E-state index is 13.1. The van der Waals surface area contributed by atoms with Crippen LogP contribution in [0.2, 0.25) is 0 Å². The van der Waals surface area contributed by atoms with Crippen molar-refractivity contribution in [1.82, 2.24) is 9.29 Å². The molecular weight excluding hydrogens is 458 g/mol. The fourth-order valence-electron chi connectivity index (χ4n) is 3.76. The maximum Gasteiger partial charge on any atom is 0.257 e. The fraction of sp³-hybridized carbons (Fsp3) is 0.333. The van der Waals surface area contributed by atoms with Crippen LogP contribution in [0.15, 0.2) is 52.7 Å². The summed E-state index contributed by atoms with van der Waals surface area (Å²) < 4.78 is 32.9. The second-order valence-corrected chi connectivity index (χ2v) is 11.0. The first-order valence-corrected chi connectivity index (χ1v) is 13.2. The average Bonchev–Trinajstić information content (AvgIpc) is 3.51. The molecule has 33 heavy (non-hydrogen) atoms. The van der Waals surface area contributed by atoms with Gasteiger partial charge >= 0.3 is 0 Å². The van der Waals surface area contributed by atoms with Crippen molar-refractivity contribution in [3.63, 3.8) is 0 Å². The van der Waals surface area contributed by atoms with Crippen LogP contribution in [0.25, 0.3) is 11.3 Å². The van der Waals surface area contributed by atoms with Crippen molar-refractivity contribution in [3.8, 4) is 17.0 Å². The summed E-state index contributed by atoms with van der Waals surface area (Å²) in [6.07, 6.45) is 1.66. The first-order valence-electron chi connectivity index (χ1n) is 10.8. The predicted molar refractivity (Wildman–Crippen MR) is 131 cm³/mol. The Bertz CT molecular complexity index is 1240. The highest BCUT2D eigenvalue weighted by molar-refractivity contribution is 7.89. The van der Waals surface area contributed by atoms with Crippen LogP contribution in [0.5, 0.6) is 5.75 Å². The number of methoxy groups -OCH3 is 1. The Morgan fingerprint density at radius 2 is 1.82 bits per heavy atom. The highest BCUT2D eigenvalue weighted by atomic mass is 32.2. The van der Waals surface area contributed by atoms with Crippen LogP contribution >= 0.6 is 11.3 Å². The number of amides is 1. The minimum Gasteiger partial charge on any atom is -0.495 e. The molecule has 7 nitrogen and oxygen atoms in total. The van der Waals surface area contributed by atoms with Crippen LogP contribution in [0.1, 0.15) is 48.5 Å². The third-order valence-electron chi connectivity index (χ3n) is 5.71. The molecule has 4 rings (SSSR count). The van der Waals surface area contributed by atoms with Crippen LogP contribution in [0, 0.1) is 0 Å². The van der Waals surface area contributed by atoms with E-state index >= 15 is 0 Å². The molecular formula is C24H27N3O4S2. The van der Waals surface area contributed by atoms with Crippen LogP contribution in [-0.2, 0) is 10.0 Å². The van der Waals surface area contributed by atoms with Gasteiger partial charge in [0.15, 0.2) is 5.13 Å². The molecule has 1 N–H and O–H groups in total. The molecule has 0 aliphatic carbocycles. The maximum atomic E-state index is 13.1. The summed E-state index contributed by atoms with van der Waals surface area (Å²) in [5.74, 6) is 0.249. The first kappa shape index (κ1) is 23.4. The summed E-state index contributed by atoms with van der Waals surface area (Å²) >= 11 is 1.32. The van der Waals surface area contributed by atoms with Crippen molar-refractivity contribution in [3.05, 3.63) is 59.0 Å². The zero-order valence-corrected chi connectivity index (χ0v) is 20.5. The van der Waals surface area contributed by atoms with Crippen molar-refractivity contribution < 1.29 is 17.9 Å². The molecule has 0 atom stereocenters. The molecule has 2 aromatic carbocycles. The Kier molecular flexibility index (Phi) is 6.83. The first-order chi connectivity index (χ1) is 15.8. The predicted octanol–water partition coefficient (Wildman–Crippen LogP) is 4.98. The highest BCUT2D eigenvalue weighted by Crippen LogP contribution is 2.31. The number of carbonyl (C=O) groups excluding carboxylic acids is 1. The topological polar surface area (TPSA) is 88.6 Å². The second-order valence-electron chi connectivity index (χ2n) is 8.25. The molecule has 9 heteroatoms. The minimum absolute atomic E-state index is 0.00428. The Balaban J connectivity index is 1.54. The molecule has 1 amide bonds. The number of hydrogen-bond donors (Lipinski definition) is 1. The van der Waals surface area contributed by atoms with E-state index in [1.54, 1.807) is 6.07 Å². The molecule has 0 unspecified atom stereocenters. The lowest BCUT2D eigenvalue weighted by molar-refractivity contribution is 0.102. The standard InChI is InChI=1S/C24H27N3O4S2/c1-16(2)17-6-8-18(9-7-17)20-15-32-24(25-20)26-23(28)19-10-11-21(31-3)22(14-19)33(29,30)27-12-4-5-13-27/h6-11,14-16H,4-5,12-13H2,1-3H3,(H,25,26,28). The summed E-state index contributed by atoms with van der Waals surface area (Å²) in [6.45, 7) is 5.24. The number of nitrogens with one attached hydrogen (secondary N) is 1. The third-order valence-corrected chi connectivity index (χ3v) is 8.38. The number of rotatable bonds is 7. The molecule has 1 fully saturated rings. The van der Waals surface area contributed by atoms with E-state index in [2.05, 4.69) is 36.3 Å². The lowest BCUT2D eigenvalue weighted by Gasteiger charge is -2.18. The fourth-order valence-corrected chi connectivity index (χ4v) is 6.17. The molecule has 0 saturated carbocycles. The zero-order chi connectivity index (χ0) is 23.6. The number of hydrogen-bond acceptors (Lipinski definition) is 6. The number of nitrogens with zero attached hydrogens (tertiary/aromatic N) is 2. The number of thiazole rings is 1. The van der Waals surface area contributed by atoms with Gasteiger partial charge in [0, 0.05) is 29.6 Å². The molecule has 1 aromatic heterocycles. The van der Waals surface area contributed by atoms with Crippen molar-refractivity contribution in [1.29, 1.82) is 0 Å². The van der Waals surface area contributed by atoms with E-state index < -0.39 is 15.9 Å². The summed E-state index contributed by atoms with van der Waals surface area (Å²) in [7, 11) is -2.32. The Labute approximate surface area is 198 Å². The van der Waals surface area contributed by atoms with Gasteiger partial charge in [-0.3, -0.25) is 10.1 Å². The number of benzene rings is 2. The van der Waals surface area contributed by atoms with Crippen molar-refractivity contribution in [2.45, 2.75) is 37.5 Å². The SMILES string of the molecule is COc1ccc(C(=O)Nc2nc(-c3ccc(C(C)C)cc3)cs2)cc1S(=O)(=O)N1CCCC1. The van der Waals surface area contributed by atoms with Gasteiger partial charge in [0.05, 0.1) is 12.8 Å². The van der Waals surface area contributed by atoms with E-state index in [1.807, 2.05) is 17.5 Å². The molecule has 1 aliphatic rings. The molecule has 2 heterocycles. The Morgan fingerprint density at radius 1 is 1.12 bits per heavy atom. The molecule has 0 radical (unpaired) electrons. The lowest BCUT2D eigenvalue weighted by atomic mass is 10.0. The van der Waals surface area contributed by atoms with Gasteiger partial charge in [-0.15, -0.1) is 11.3 Å². The zero-order valence-electron chi connectivity index (χ0n) is 18.9. The summed E-state index contributed by atoms with van der Waals surface area (Å²) in [5, 5.41) is 5.12. The Morgan fingerprint density at radius 3 is 2.45 bits per heavy atom. The van der Waals surface area contributed by atoms with Gasteiger partial charge in [0.2, 0.25) is 10.0 Å². The van der Waals surface area contributed by atoms with Gasteiger partial charge in [-0.1, -0.05) is 38.1 Å². The van der Waals surface area contributed by atoms with Gasteiger partial charge in [0.25, 0.3) is 5.91 Å². The molecule has 1 saturated heterocycles. The molecule has 0 spiro atoms. The van der Waals surface area contributed by atoms with Crippen molar-refractivity contribution in [2.24, 2.45) is 0 Å². The van der Waals surface area contributed by atoms with Crippen molar-refractivity contribution >= 4 is 32.4 Å². The van der Waals surface area contributed by atoms with Crippen LogP contribution in [0.3, 0.4) is 0 Å². The molecule has 1 aliphatic heterocycles.